The molecule has 17 heavy (non-hydrogen) atoms. The molecule has 0 aromatic carbocycles. The van der Waals surface area contributed by atoms with Crippen LogP contribution in [0.5, 0.6) is 0 Å². The Morgan fingerprint density at radius 1 is 1.47 bits per heavy atom. The van der Waals surface area contributed by atoms with Crippen molar-refractivity contribution < 1.29 is 4.52 Å². The summed E-state index contributed by atoms with van der Waals surface area (Å²) in [7, 11) is 0. The van der Waals surface area contributed by atoms with Crippen molar-refractivity contribution in [1.29, 1.82) is 0 Å². The number of aryl methyl sites for hydroxylation is 1. The lowest BCUT2D eigenvalue weighted by molar-refractivity contribution is 0.385. The third-order valence-corrected chi connectivity index (χ3v) is 2.28. The minimum absolute atomic E-state index is 0.00436. The van der Waals surface area contributed by atoms with Crippen molar-refractivity contribution in [2.75, 3.05) is 6.54 Å². The van der Waals surface area contributed by atoms with Gasteiger partial charge in [0.15, 0.2) is 5.82 Å². The number of aromatic nitrogens is 3. The van der Waals surface area contributed by atoms with Crippen LogP contribution in [0.4, 0.5) is 0 Å². The number of pyridine rings is 1. The van der Waals surface area contributed by atoms with Crippen LogP contribution >= 0.6 is 0 Å². The summed E-state index contributed by atoms with van der Waals surface area (Å²) in [5.41, 5.74) is 0.00436. The second kappa shape index (κ2) is 5.40. The first kappa shape index (κ1) is 11.5. The minimum Gasteiger partial charge on any atom is -0.340 e. The van der Waals surface area contributed by atoms with E-state index < -0.39 is 0 Å². The predicted octanol–water partition coefficient (Wildman–Crippen LogP) is 0.330. The number of hydrogen-bond acceptors (Lipinski definition) is 5. The molecule has 0 aliphatic heterocycles. The van der Waals surface area contributed by atoms with Gasteiger partial charge in [-0.1, -0.05) is 11.2 Å². The van der Waals surface area contributed by atoms with Gasteiger partial charge in [0.2, 0.25) is 5.89 Å². The van der Waals surface area contributed by atoms with Gasteiger partial charge < -0.3 is 14.4 Å². The topological polar surface area (TPSA) is 73.0 Å². The molecule has 0 fully saturated rings. The van der Waals surface area contributed by atoms with E-state index in [1.165, 1.54) is 0 Å². The molecular weight excluding hydrogens is 220 g/mol. The molecule has 2 aromatic heterocycles. The Kier molecular flexibility index (Phi) is 3.66. The minimum atomic E-state index is 0.00436. The molecule has 0 radical (unpaired) electrons. The molecule has 0 bridgehead atoms. The highest BCUT2D eigenvalue weighted by Crippen LogP contribution is 1.93. The van der Waals surface area contributed by atoms with Crippen LogP contribution in [0.3, 0.4) is 0 Å². The third kappa shape index (κ3) is 3.25. The number of nitrogens with one attached hydrogen (secondary N) is 1. The highest BCUT2D eigenvalue weighted by molar-refractivity contribution is 4.93. The second-order valence-corrected chi connectivity index (χ2v) is 3.64. The molecule has 6 nitrogen and oxygen atoms in total. The van der Waals surface area contributed by atoms with E-state index in [1.54, 1.807) is 29.8 Å². The normalized spacial score (nSPS) is 10.6. The lowest BCUT2D eigenvalue weighted by Crippen LogP contribution is -2.26. The molecule has 1 N–H and O–H groups in total. The average Bonchev–Trinajstić information content (AvgIpc) is 2.73. The first-order chi connectivity index (χ1) is 8.25. The highest BCUT2D eigenvalue weighted by Gasteiger charge is 2.00. The van der Waals surface area contributed by atoms with E-state index in [2.05, 4.69) is 15.5 Å². The average molecular weight is 234 g/mol. The van der Waals surface area contributed by atoms with E-state index in [4.69, 9.17) is 4.52 Å². The van der Waals surface area contributed by atoms with Gasteiger partial charge in [0, 0.05) is 32.3 Å². The van der Waals surface area contributed by atoms with Gasteiger partial charge in [0.05, 0.1) is 6.54 Å². The van der Waals surface area contributed by atoms with Crippen molar-refractivity contribution in [3.8, 4) is 0 Å². The summed E-state index contributed by atoms with van der Waals surface area (Å²) >= 11 is 0. The standard InChI is InChI=1S/C11H14N4O2/c1-9-13-10(14-17-9)8-12-5-7-15-6-3-2-4-11(15)16/h2-4,6,12H,5,7-8H2,1H3. The van der Waals surface area contributed by atoms with Gasteiger partial charge in [0.1, 0.15) is 0 Å². The van der Waals surface area contributed by atoms with Crippen molar-refractivity contribution in [2.45, 2.75) is 20.0 Å². The van der Waals surface area contributed by atoms with E-state index in [0.29, 0.717) is 31.3 Å². The molecule has 6 heteroatoms. The quantitative estimate of drug-likeness (QED) is 0.755. The molecular formula is C11H14N4O2. The molecule has 0 unspecified atom stereocenters. The lowest BCUT2D eigenvalue weighted by atomic mass is 10.4. The van der Waals surface area contributed by atoms with E-state index in [9.17, 15) is 4.79 Å². The maximum atomic E-state index is 11.4. The summed E-state index contributed by atoms with van der Waals surface area (Å²) in [6.45, 7) is 3.59. The fourth-order valence-electron chi connectivity index (χ4n) is 1.46. The monoisotopic (exact) mass is 234 g/mol. The van der Waals surface area contributed by atoms with Crippen molar-refractivity contribution in [2.24, 2.45) is 0 Å². The van der Waals surface area contributed by atoms with E-state index >= 15 is 0 Å². The smallest absolute Gasteiger partial charge is 0.250 e. The summed E-state index contributed by atoms with van der Waals surface area (Å²) in [6, 6.07) is 5.11. The van der Waals surface area contributed by atoms with Crippen LogP contribution in [0.15, 0.2) is 33.7 Å². The maximum absolute atomic E-state index is 11.4. The molecule has 0 spiro atoms. The van der Waals surface area contributed by atoms with Crippen LogP contribution in [0.1, 0.15) is 11.7 Å². The van der Waals surface area contributed by atoms with Crippen molar-refractivity contribution >= 4 is 0 Å². The SMILES string of the molecule is Cc1nc(CNCCn2ccccc2=O)no1. The molecule has 90 valence electrons. The Bertz CT molecular complexity index is 532. The second-order valence-electron chi connectivity index (χ2n) is 3.64. The maximum Gasteiger partial charge on any atom is 0.250 e. The fraction of sp³-hybridized carbons (Fsp3) is 0.364. The van der Waals surface area contributed by atoms with Gasteiger partial charge in [-0.3, -0.25) is 4.79 Å². The zero-order valence-electron chi connectivity index (χ0n) is 9.59. The van der Waals surface area contributed by atoms with Crippen LogP contribution in [0.2, 0.25) is 0 Å². The molecule has 2 heterocycles. The van der Waals surface area contributed by atoms with Crippen LogP contribution in [0.25, 0.3) is 0 Å². The van der Waals surface area contributed by atoms with Crippen LogP contribution in [-0.4, -0.2) is 21.3 Å². The van der Waals surface area contributed by atoms with Gasteiger partial charge in [0.25, 0.3) is 5.56 Å². The molecule has 0 aliphatic rings. The summed E-state index contributed by atoms with van der Waals surface area (Å²) in [6.07, 6.45) is 1.77. The summed E-state index contributed by atoms with van der Waals surface area (Å²) in [4.78, 5) is 15.4. The first-order valence-electron chi connectivity index (χ1n) is 5.41. The Hall–Kier alpha value is -1.95. The van der Waals surface area contributed by atoms with E-state index in [0.717, 1.165) is 0 Å². The van der Waals surface area contributed by atoms with Crippen LogP contribution < -0.4 is 10.9 Å². The Balaban J connectivity index is 1.77. The molecule has 0 atom stereocenters. The molecule has 2 rings (SSSR count). The number of hydrogen-bond donors (Lipinski definition) is 1. The van der Waals surface area contributed by atoms with Gasteiger partial charge >= 0.3 is 0 Å². The molecule has 0 saturated carbocycles. The number of nitrogens with zero attached hydrogens (tertiary/aromatic N) is 3. The zero-order valence-corrected chi connectivity index (χ0v) is 9.59. The third-order valence-electron chi connectivity index (χ3n) is 2.28. The lowest BCUT2D eigenvalue weighted by Gasteiger charge is -2.04. The summed E-state index contributed by atoms with van der Waals surface area (Å²) in [5, 5.41) is 6.91. The summed E-state index contributed by atoms with van der Waals surface area (Å²) in [5.74, 6) is 1.18. The van der Waals surface area contributed by atoms with Crippen LogP contribution in [-0.2, 0) is 13.1 Å². The van der Waals surface area contributed by atoms with Crippen LogP contribution in [0, 0.1) is 6.92 Å². The van der Waals surface area contributed by atoms with E-state index in [1.807, 2.05) is 6.07 Å². The Morgan fingerprint density at radius 3 is 3.06 bits per heavy atom. The Labute approximate surface area is 98.3 Å². The van der Waals surface area contributed by atoms with Gasteiger partial charge in [-0.2, -0.15) is 4.98 Å². The van der Waals surface area contributed by atoms with E-state index in [-0.39, 0.29) is 5.56 Å². The summed E-state index contributed by atoms with van der Waals surface area (Å²) < 4.78 is 6.49. The van der Waals surface area contributed by atoms with Gasteiger partial charge in [-0.25, -0.2) is 0 Å². The largest absolute Gasteiger partial charge is 0.340 e. The zero-order chi connectivity index (χ0) is 12.1. The molecule has 0 saturated heterocycles. The highest BCUT2D eigenvalue weighted by atomic mass is 16.5. The van der Waals surface area contributed by atoms with Gasteiger partial charge in [-0.15, -0.1) is 0 Å². The van der Waals surface area contributed by atoms with Crippen molar-refractivity contribution in [3.63, 3.8) is 0 Å². The van der Waals surface area contributed by atoms with Crippen molar-refractivity contribution in [3.05, 3.63) is 46.5 Å². The van der Waals surface area contributed by atoms with Crippen molar-refractivity contribution in [1.82, 2.24) is 20.0 Å². The Morgan fingerprint density at radius 2 is 2.35 bits per heavy atom. The first-order valence-corrected chi connectivity index (χ1v) is 5.41. The number of rotatable bonds is 5. The van der Waals surface area contributed by atoms with Gasteiger partial charge in [-0.05, 0) is 6.07 Å². The fourth-order valence-corrected chi connectivity index (χ4v) is 1.46. The molecule has 2 aromatic rings. The molecule has 0 amide bonds. The molecule has 0 aliphatic carbocycles. The predicted molar refractivity (Wildman–Crippen MR) is 61.4 cm³/mol.